The third kappa shape index (κ3) is 2.93. The maximum atomic E-state index is 11.7. The molecule has 0 unspecified atom stereocenters. The highest BCUT2D eigenvalue weighted by Crippen LogP contribution is 2.55. The second-order valence-electron chi connectivity index (χ2n) is 8.82. The number of nitrogens with two attached hydrogens (primary N) is 1. The van der Waals surface area contributed by atoms with E-state index in [1.807, 2.05) is 0 Å². The molecule has 3 heteroatoms. The molecule has 0 radical (unpaired) electrons. The molecule has 0 atom stereocenters. The van der Waals surface area contributed by atoms with Gasteiger partial charge in [0.05, 0.1) is 6.54 Å². The normalized spacial score (nSPS) is 41.2. The van der Waals surface area contributed by atoms with Gasteiger partial charge in [-0.3, -0.25) is 9.69 Å². The SMILES string of the molecule is NC(=O)CN(CC1CCCCC1)C1C2CC3CC(C2)CC1C3. The number of nitrogens with zero attached hydrogens (tertiary/aromatic N) is 1. The Morgan fingerprint density at radius 1 is 0.909 bits per heavy atom. The van der Waals surface area contributed by atoms with Gasteiger partial charge in [-0.2, -0.15) is 0 Å². The quantitative estimate of drug-likeness (QED) is 0.848. The lowest BCUT2D eigenvalue weighted by molar-refractivity contribution is -0.124. The van der Waals surface area contributed by atoms with E-state index in [-0.39, 0.29) is 5.91 Å². The predicted molar refractivity (Wildman–Crippen MR) is 88.2 cm³/mol. The first-order valence-electron chi connectivity index (χ1n) is 9.71. The van der Waals surface area contributed by atoms with Gasteiger partial charge in [-0.1, -0.05) is 19.3 Å². The molecule has 0 aromatic heterocycles. The predicted octanol–water partition coefficient (Wildman–Crippen LogP) is 3.18. The highest BCUT2D eigenvalue weighted by molar-refractivity contribution is 5.76. The maximum Gasteiger partial charge on any atom is 0.231 e. The lowest BCUT2D eigenvalue weighted by Gasteiger charge is -2.57. The molecule has 4 bridgehead atoms. The third-order valence-corrected chi connectivity index (χ3v) is 7.17. The molecule has 5 rings (SSSR count). The van der Waals surface area contributed by atoms with Gasteiger partial charge < -0.3 is 5.73 Å². The average Bonchev–Trinajstić information content (AvgIpc) is 2.46. The summed E-state index contributed by atoms with van der Waals surface area (Å²) in [6.07, 6.45) is 14.1. The molecule has 5 aliphatic carbocycles. The van der Waals surface area contributed by atoms with Gasteiger partial charge in [0.2, 0.25) is 5.91 Å². The Kier molecular flexibility index (Phi) is 4.19. The van der Waals surface area contributed by atoms with Gasteiger partial charge in [0.1, 0.15) is 0 Å². The summed E-state index contributed by atoms with van der Waals surface area (Å²) in [7, 11) is 0. The molecule has 0 aliphatic heterocycles. The zero-order chi connectivity index (χ0) is 15.1. The van der Waals surface area contributed by atoms with E-state index in [0.29, 0.717) is 12.6 Å². The summed E-state index contributed by atoms with van der Waals surface area (Å²) in [6.45, 7) is 1.64. The zero-order valence-electron chi connectivity index (χ0n) is 13.9. The highest BCUT2D eigenvalue weighted by atomic mass is 16.1. The number of hydrogen-bond donors (Lipinski definition) is 1. The standard InChI is InChI=1S/C19H32N2O/c20-18(22)12-21(11-13-4-2-1-3-5-13)19-16-7-14-6-15(9-16)10-17(19)8-14/h13-17,19H,1-12H2,(H2,20,22). The number of hydrogen-bond acceptors (Lipinski definition) is 2. The van der Waals surface area contributed by atoms with Crippen molar-refractivity contribution in [3.63, 3.8) is 0 Å². The Hall–Kier alpha value is -0.570. The minimum atomic E-state index is -0.121. The van der Waals surface area contributed by atoms with Crippen LogP contribution in [0.2, 0.25) is 0 Å². The van der Waals surface area contributed by atoms with Gasteiger partial charge in [0.15, 0.2) is 0 Å². The van der Waals surface area contributed by atoms with E-state index in [0.717, 1.165) is 36.1 Å². The highest BCUT2D eigenvalue weighted by Gasteiger charge is 2.50. The van der Waals surface area contributed by atoms with Crippen LogP contribution in [0.5, 0.6) is 0 Å². The summed E-state index contributed by atoms with van der Waals surface area (Å²) in [5, 5.41) is 0. The van der Waals surface area contributed by atoms with Crippen LogP contribution in [0.1, 0.15) is 64.2 Å². The lowest BCUT2D eigenvalue weighted by atomic mass is 9.53. The fourth-order valence-corrected chi connectivity index (χ4v) is 6.69. The van der Waals surface area contributed by atoms with E-state index in [1.165, 1.54) is 64.2 Å². The summed E-state index contributed by atoms with van der Waals surface area (Å²) in [4.78, 5) is 14.2. The Balaban J connectivity index is 1.48. The molecule has 5 saturated carbocycles. The molecule has 0 heterocycles. The summed E-state index contributed by atoms with van der Waals surface area (Å²) >= 11 is 0. The van der Waals surface area contributed by atoms with Crippen molar-refractivity contribution >= 4 is 5.91 Å². The first-order chi connectivity index (χ1) is 10.7. The van der Waals surface area contributed by atoms with E-state index < -0.39 is 0 Å². The van der Waals surface area contributed by atoms with Crippen molar-refractivity contribution in [3.05, 3.63) is 0 Å². The number of amides is 1. The molecule has 124 valence electrons. The minimum absolute atomic E-state index is 0.121. The van der Waals surface area contributed by atoms with E-state index in [9.17, 15) is 4.79 Å². The van der Waals surface area contributed by atoms with Crippen LogP contribution < -0.4 is 5.73 Å². The zero-order valence-corrected chi connectivity index (χ0v) is 13.9. The molecular formula is C19H32N2O. The van der Waals surface area contributed by atoms with Crippen molar-refractivity contribution in [2.45, 2.75) is 70.3 Å². The first kappa shape index (κ1) is 15.0. The van der Waals surface area contributed by atoms with E-state index in [4.69, 9.17) is 5.73 Å². The van der Waals surface area contributed by atoms with Crippen LogP contribution in [0.15, 0.2) is 0 Å². The van der Waals surface area contributed by atoms with Crippen LogP contribution in [0.25, 0.3) is 0 Å². The second kappa shape index (κ2) is 6.14. The van der Waals surface area contributed by atoms with Gasteiger partial charge in [0, 0.05) is 12.6 Å². The monoisotopic (exact) mass is 304 g/mol. The summed E-state index contributed by atoms with van der Waals surface area (Å²) < 4.78 is 0. The second-order valence-corrected chi connectivity index (χ2v) is 8.82. The number of carbonyl (C=O) groups excluding carboxylic acids is 1. The lowest BCUT2D eigenvalue weighted by Crippen LogP contribution is -2.58. The van der Waals surface area contributed by atoms with Crippen LogP contribution in [0.4, 0.5) is 0 Å². The van der Waals surface area contributed by atoms with Gasteiger partial charge in [-0.05, 0) is 74.5 Å². The van der Waals surface area contributed by atoms with E-state index in [2.05, 4.69) is 4.90 Å². The molecule has 5 aliphatic rings. The van der Waals surface area contributed by atoms with Crippen molar-refractivity contribution in [2.75, 3.05) is 13.1 Å². The third-order valence-electron chi connectivity index (χ3n) is 7.17. The average molecular weight is 304 g/mol. The number of carbonyl (C=O) groups is 1. The fraction of sp³-hybridized carbons (Fsp3) is 0.947. The molecule has 0 spiro atoms. The Bertz CT molecular complexity index is 388. The van der Waals surface area contributed by atoms with Crippen molar-refractivity contribution < 1.29 is 4.79 Å². The molecule has 3 nitrogen and oxygen atoms in total. The van der Waals surface area contributed by atoms with Crippen LogP contribution in [-0.4, -0.2) is 29.9 Å². The van der Waals surface area contributed by atoms with Crippen LogP contribution in [-0.2, 0) is 4.79 Å². The van der Waals surface area contributed by atoms with E-state index in [1.54, 1.807) is 0 Å². The van der Waals surface area contributed by atoms with Gasteiger partial charge in [0.25, 0.3) is 0 Å². The van der Waals surface area contributed by atoms with Crippen LogP contribution >= 0.6 is 0 Å². The largest absolute Gasteiger partial charge is 0.369 e. The van der Waals surface area contributed by atoms with Crippen molar-refractivity contribution in [1.82, 2.24) is 4.90 Å². The minimum Gasteiger partial charge on any atom is -0.369 e. The van der Waals surface area contributed by atoms with Gasteiger partial charge in [-0.25, -0.2) is 0 Å². The molecule has 0 saturated heterocycles. The fourth-order valence-electron chi connectivity index (χ4n) is 6.69. The van der Waals surface area contributed by atoms with Gasteiger partial charge >= 0.3 is 0 Å². The summed E-state index contributed by atoms with van der Waals surface area (Å²) in [5.74, 6) is 4.42. The van der Waals surface area contributed by atoms with Crippen molar-refractivity contribution in [3.8, 4) is 0 Å². The smallest absolute Gasteiger partial charge is 0.231 e. The van der Waals surface area contributed by atoms with Crippen molar-refractivity contribution in [2.24, 2.45) is 35.3 Å². The topological polar surface area (TPSA) is 46.3 Å². The molecule has 1 amide bonds. The Morgan fingerprint density at radius 3 is 2.05 bits per heavy atom. The van der Waals surface area contributed by atoms with Gasteiger partial charge in [-0.15, -0.1) is 0 Å². The van der Waals surface area contributed by atoms with Crippen LogP contribution in [0, 0.1) is 29.6 Å². The number of primary amides is 1. The number of rotatable bonds is 5. The molecule has 0 aromatic carbocycles. The molecule has 0 aromatic rings. The Labute approximate surface area is 135 Å². The Morgan fingerprint density at radius 2 is 1.50 bits per heavy atom. The van der Waals surface area contributed by atoms with Crippen LogP contribution in [0.3, 0.4) is 0 Å². The molecule has 5 fully saturated rings. The maximum absolute atomic E-state index is 11.7. The van der Waals surface area contributed by atoms with E-state index >= 15 is 0 Å². The molecular weight excluding hydrogens is 272 g/mol. The summed E-state index contributed by atoms with van der Waals surface area (Å²) in [5.41, 5.74) is 5.61. The molecule has 2 N–H and O–H groups in total. The molecule has 22 heavy (non-hydrogen) atoms. The first-order valence-corrected chi connectivity index (χ1v) is 9.71. The van der Waals surface area contributed by atoms with Crippen molar-refractivity contribution in [1.29, 1.82) is 0 Å². The summed E-state index contributed by atoms with van der Waals surface area (Å²) in [6, 6.07) is 0.669.